The zero-order valence-electron chi connectivity index (χ0n) is 22.2. The van der Waals surface area contributed by atoms with Gasteiger partial charge < -0.3 is 17.2 Å². The molecule has 1 aliphatic heterocycles. The van der Waals surface area contributed by atoms with Gasteiger partial charge in [-0.3, -0.25) is 9.80 Å². The van der Waals surface area contributed by atoms with Crippen LogP contribution in [-0.2, 0) is 13.1 Å². The van der Waals surface area contributed by atoms with Crippen molar-refractivity contribution in [3.63, 3.8) is 0 Å². The van der Waals surface area contributed by atoms with E-state index in [1.165, 1.54) is 36.4 Å². The fourth-order valence-electron chi connectivity index (χ4n) is 5.49. The standard InChI is InChI=1S/C32H32N6OS/c33-17-22-4-3-5-26(16-22)38(32(35)39)25-12-10-24(11-13-25)28-20-40-30-27(18-36-31(34)29(28)30)23-8-6-21(7-9-23)19-37-14-1-2-15-37/h3-13,16,18,20H,1-2,14-15,17,19,33H2,(H2,34,36)(H2,35,39). The first-order chi connectivity index (χ1) is 19.5. The third-order valence-corrected chi connectivity index (χ3v) is 8.57. The number of pyridine rings is 1. The fraction of sp³-hybridized carbons (Fsp3) is 0.188. The van der Waals surface area contributed by atoms with E-state index >= 15 is 0 Å². The maximum atomic E-state index is 12.4. The van der Waals surface area contributed by atoms with Crippen molar-refractivity contribution >= 4 is 44.6 Å². The molecule has 2 amide bonds. The van der Waals surface area contributed by atoms with E-state index in [1.807, 2.05) is 54.7 Å². The number of hydrogen-bond acceptors (Lipinski definition) is 6. The Balaban J connectivity index is 1.31. The van der Waals surface area contributed by atoms with Gasteiger partial charge >= 0.3 is 6.03 Å². The number of hydrogen-bond donors (Lipinski definition) is 3. The summed E-state index contributed by atoms with van der Waals surface area (Å²) in [5.41, 5.74) is 25.8. The SMILES string of the molecule is NCc1cccc(N(C(N)=O)c2ccc(-c3csc4c(-c5ccc(CN6CCCC6)cc5)cnc(N)c34)cc2)c1. The van der Waals surface area contributed by atoms with Gasteiger partial charge in [0.2, 0.25) is 0 Å². The summed E-state index contributed by atoms with van der Waals surface area (Å²) < 4.78 is 1.11. The number of nitrogens with two attached hydrogens (primary N) is 3. The summed E-state index contributed by atoms with van der Waals surface area (Å²) in [6.45, 7) is 3.75. The number of aromatic nitrogens is 1. The number of fused-ring (bicyclic) bond motifs is 1. The Kier molecular flexibility index (Phi) is 7.21. The summed E-state index contributed by atoms with van der Waals surface area (Å²) in [6.07, 6.45) is 4.46. The van der Waals surface area contributed by atoms with Crippen LogP contribution in [0.1, 0.15) is 24.0 Å². The number of thiophene rings is 1. The van der Waals surface area contributed by atoms with Gasteiger partial charge in [-0.05, 0) is 77.8 Å². The van der Waals surface area contributed by atoms with Gasteiger partial charge in [0.25, 0.3) is 0 Å². The molecular weight excluding hydrogens is 516 g/mol. The van der Waals surface area contributed by atoms with Crippen LogP contribution in [0.25, 0.3) is 32.3 Å². The molecule has 40 heavy (non-hydrogen) atoms. The van der Waals surface area contributed by atoms with Crippen molar-refractivity contribution in [2.45, 2.75) is 25.9 Å². The van der Waals surface area contributed by atoms with Gasteiger partial charge in [-0.15, -0.1) is 11.3 Å². The first-order valence-corrected chi connectivity index (χ1v) is 14.4. The number of urea groups is 1. The molecule has 0 unspecified atom stereocenters. The normalized spacial score (nSPS) is 13.6. The van der Waals surface area contributed by atoms with Crippen LogP contribution in [0, 0.1) is 0 Å². The van der Waals surface area contributed by atoms with E-state index in [-0.39, 0.29) is 0 Å². The summed E-state index contributed by atoms with van der Waals surface area (Å²) >= 11 is 1.67. The van der Waals surface area contributed by atoms with Crippen LogP contribution in [0.15, 0.2) is 84.4 Å². The molecule has 202 valence electrons. The Labute approximate surface area is 237 Å². The molecule has 6 rings (SSSR count). The number of likely N-dealkylation sites (tertiary alicyclic amines) is 1. The number of benzene rings is 3. The van der Waals surface area contributed by atoms with Crippen LogP contribution in [0.4, 0.5) is 22.0 Å². The molecule has 1 fully saturated rings. The lowest BCUT2D eigenvalue weighted by atomic mass is 10.0. The molecule has 0 aliphatic carbocycles. The molecule has 0 bridgehead atoms. The Bertz CT molecular complexity index is 1660. The molecule has 0 spiro atoms. The van der Waals surface area contributed by atoms with E-state index in [0.717, 1.165) is 44.4 Å². The third kappa shape index (κ3) is 5.04. The van der Waals surface area contributed by atoms with E-state index in [4.69, 9.17) is 17.2 Å². The predicted octanol–water partition coefficient (Wildman–Crippen LogP) is 6.48. The Hall–Kier alpha value is -4.24. The zero-order chi connectivity index (χ0) is 27.6. The molecule has 5 aromatic rings. The highest BCUT2D eigenvalue weighted by molar-refractivity contribution is 7.18. The first kappa shape index (κ1) is 26.0. The maximum absolute atomic E-state index is 12.4. The first-order valence-electron chi connectivity index (χ1n) is 13.5. The third-order valence-electron chi connectivity index (χ3n) is 7.56. The van der Waals surface area contributed by atoms with Crippen LogP contribution in [-0.4, -0.2) is 29.0 Å². The fourth-order valence-corrected chi connectivity index (χ4v) is 6.61. The van der Waals surface area contributed by atoms with E-state index in [2.05, 4.69) is 39.5 Å². The smallest absolute Gasteiger partial charge is 0.323 e. The average molecular weight is 549 g/mol. The van der Waals surface area contributed by atoms with Crippen molar-refractivity contribution in [2.75, 3.05) is 23.7 Å². The van der Waals surface area contributed by atoms with Crippen molar-refractivity contribution in [3.8, 4) is 22.3 Å². The summed E-state index contributed by atoms with van der Waals surface area (Å²) in [6, 6.07) is 23.5. The van der Waals surface area contributed by atoms with E-state index in [9.17, 15) is 4.79 Å². The topological polar surface area (TPSA) is 114 Å². The molecule has 3 aromatic carbocycles. The number of amides is 2. The lowest BCUT2D eigenvalue weighted by Crippen LogP contribution is -2.31. The number of carbonyl (C=O) groups excluding carboxylic acids is 1. The van der Waals surface area contributed by atoms with Crippen molar-refractivity contribution in [3.05, 3.63) is 95.5 Å². The molecule has 7 nitrogen and oxygen atoms in total. The quantitative estimate of drug-likeness (QED) is 0.215. The van der Waals surface area contributed by atoms with Crippen molar-refractivity contribution < 1.29 is 4.79 Å². The number of nitrogens with zero attached hydrogens (tertiary/aromatic N) is 3. The number of carbonyl (C=O) groups is 1. The minimum Gasteiger partial charge on any atom is -0.383 e. The summed E-state index contributed by atoms with van der Waals surface area (Å²) in [5.74, 6) is 0.502. The van der Waals surface area contributed by atoms with Crippen LogP contribution in [0.3, 0.4) is 0 Å². The summed E-state index contributed by atoms with van der Waals surface area (Å²) in [5, 5.41) is 3.07. The molecule has 6 N–H and O–H groups in total. The summed E-state index contributed by atoms with van der Waals surface area (Å²) in [4.78, 5) is 21.0. The lowest BCUT2D eigenvalue weighted by Gasteiger charge is -2.21. The van der Waals surface area contributed by atoms with Gasteiger partial charge in [0, 0.05) is 40.5 Å². The summed E-state index contributed by atoms with van der Waals surface area (Å²) in [7, 11) is 0. The highest BCUT2D eigenvalue weighted by Crippen LogP contribution is 2.42. The number of anilines is 3. The number of primary amides is 1. The van der Waals surface area contributed by atoms with Crippen LogP contribution >= 0.6 is 11.3 Å². The minimum atomic E-state index is -0.563. The van der Waals surface area contributed by atoms with Gasteiger partial charge in [0.05, 0.1) is 11.4 Å². The molecule has 1 aliphatic rings. The molecule has 3 heterocycles. The lowest BCUT2D eigenvalue weighted by molar-refractivity contribution is 0.256. The highest BCUT2D eigenvalue weighted by Gasteiger charge is 2.18. The molecule has 1 saturated heterocycles. The monoisotopic (exact) mass is 548 g/mol. The van der Waals surface area contributed by atoms with Gasteiger partial charge in [0.1, 0.15) is 5.82 Å². The number of rotatable bonds is 7. The molecule has 0 radical (unpaired) electrons. The zero-order valence-corrected chi connectivity index (χ0v) is 23.0. The Morgan fingerprint density at radius 3 is 2.30 bits per heavy atom. The molecule has 8 heteroatoms. The Morgan fingerprint density at radius 1 is 0.900 bits per heavy atom. The average Bonchev–Trinajstić information content (AvgIpc) is 3.65. The number of nitrogen functional groups attached to an aromatic ring is 1. The van der Waals surface area contributed by atoms with Crippen LogP contribution in [0.2, 0.25) is 0 Å². The van der Waals surface area contributed by atoms with Crippen molar-refractivity contribution in [2.24, 2.45) is 11.5 Å². The van der Waals surface area contributed by atoms with Crippen molar-refractivity contribution in [1.82, 2.24) is 9.88 Å². The van der Waals surface area contributed by atoms with Gasteiger partial charge in [0.15, 0.2) is 0 Å². The minimum absolute atomic E-state index is 0.380. The predicted molar refractivity (Wildman–Crippen MR) is 165 cm³/mol. The van der Waals surface area contributed by atoms with Crippen molar-refractivity contribution in [1.29, 1.82) is 0 Å². The molecular formula is C32H32N6OS. The molecule has 0 saturated carbocycles. The van der Waals surface area contributed by atoms with Gasteiger partial charge in [-0.1, -0.05) is 48.5 Å². The van der Waals surface area contributed by atoms with E-state index < -0.39 is 6.03 Å². The highest BCUT2D eigenvalue weighted by atomic mass is 32.1. The van der Waals surface area contributed by atoms with Crippen LogP contribution < -0.4 is 22.1 Å². The maximum Gasteiger partial charge on any atom is 0.323 e. The van der Waals surface area contributed by atoms with E-state index in [0.29, 0.717) is 23.7 Å². The second kappa shape index (κ2) is 11.1. The Morgan fingerprint density at radius 2 is 1.60 bits per heavy atom. The van der Waals surface area contributed by atoms with Gasteiger partial charge in [-0.25, -0.2) is 9.78 Å². The second-order valence-electron chi connectivity index (χ2n) is 10.2. The van der Waals surface area contributed by atoms with E-state index in [1.54, 1.807) is 11.3 Å². The molecule has 2 aromatic heterocycles. The largest absolute Gasteiger partial charge is 0.383 e. The van der Waals surface area contributed by atoms with Gasteiger partial charge in [-0.2, -0.15) is 0 Å². The van der Waals surface area contributed by atoms with Crippen LogP contribution in [0.5, 0.6) is 0 Å². The molecule has 0 atom stereocenters. The second-order valence-corrected chi connectivity index (χ2v) is 11.1.